The monoisotopic (exact) mass is 426 g/mol. The van der Waals surface area contributed by atoms with Gasteiger partial charge in [-0.15, -0.1) is 0 Å². The van der Waals surface area contributed by atoms with Gasteiger partial charge in [0.2, 0.25) is 5.91 Å². The summed E-state index contributed by atoms with van der Waals surface area (Å²) in [5.74, 6) is -0.707. The van der Waals surface area contributed by atoms with Gasteiger partial charge in [0.25, 0.3) is 0 Å². The van der Waals surface area contributed by atoms with Crippen molar-refractivity contribution in [1.29, 1.82) is 0 Å². The number of aromatic nitrogens is 2. The van der Waals surface area contributed by atoms with Crippen molar-refractivity contribution in [3.05, 3.63) is 72.2 Å². The molecular weight excluding hydrogens is 403 g/mol. The summed E-state index contributed by atoms with van der Waals surface area (Å²) in [6, 6.07) is 15.6. The normalized spacial score (nSPS) is 11.7. The molecular formula is C22H23FN4O2S. The lowest BCUT2D eigenvalue weighted by molar-refractivity contribution is -0.119. The predicted molar refractivity (Wildman–Crippen MR) is 116 cm³/mol. The van der Waals surface area contributed by atoms with E-state index in [0.717, 1.165) is 16.8 Å². The van der Waals surface area contributed by atoms with E-state index in [1.54, 1.807) is 32.2 Å². The van der Waals surface area contributed by atoms with Crippen LogP contribution >= 0.6 is 11.8 Å². The quantitative estimate of drug-likeness (QED) is 0.559. The SMILES string of the molecule is CCNC(=O)NC(=O)C(C)Sc1ncc(-c2ccc(F)cc2)n1Cc1ccccc1. The number of imidazole rings is 1. The molecule has 1 heterocycles. The van der Waals surface area contributed by atoms with Crippen molar-refractivity contribution in [3.8, 4) is 11.3 Å². The zero-order valence-electron chi connectivity index (χ0n) is 16.8. The summed E-state index contributed by atoms with van der Waals surface area (Å²) in [5, 5.41) is 4.96. The lowest BCUT2D eigenvalue weighted by Gasteiger charge is -2.15. The number of imide groups is 1. The molecule has 1 atom stereocenters. The fraction of sp³-hybridized carbons (Fsp3) is 0.227. The molecule has 0 spiro atoms. The van der Waals surface area contributed by atoms with Gasteiger partial charge in [0.05, 0.1) is 23.7 Å². The molecule has 0 fully saturated rings. The van der Waals surface area contributed by atoms with Crippen molar-refractivity contribution >= 4 is 23.7 Å². The van der Waals surface area contributed by atoms with Crippen molar-refractivity contribution in [2.45, 2.75) is 30.8 Å². The van der Waals surface area contributed by atoms with Crippen molar-refractivity contribution in [1.82, 2.24) is 20.2 Å². The standard InChI is InChI=1S/C22H23FN4O2S/c1-3-24-21(29)26-20(28)15(2)30-22-25-13-19(17-9-11-18(23)12-10-17)27(22)14-16-7-5-4-6-8-16/h4-13,15H,3,14H2,1-2H3,(H2,24,26,28,29). The minimum atomic E-state index is -0.536. The van der Waals surface area contributed by atoms with Crippen LogP contribution in [-0.2, 0) is 11.3 Å². The van der Waals surface area contributed by atoms with Crippen molar-refractivity contribution in [2.24, 2.45) is 0 Å². The highest BCUT2D eigenvalue weighted by molar-refractivity contribution is 8.00. The number of hydrogen-bond acceptors (Lipinski definition) is 4. The molecule has 156 valence electrons. The summed E-state index contributed by atoms with van der Waals surface area (Å²) in [6.45, 7) is 4.47. The van der Waals surface area contributed by atoms with Gasteiger partial charge in [0.1, 0.15) is 5.82 Å². The third-order valence-corrected chi connectivity index (χ3v) is 5.47. The van der Waals surface area contributed by atoms with Crippen LogP contribution in [0.2, 0.25) is 0 Å². The molecule has 0 aliphatic rings. The Morgan fingerprint density at radius 3 is 2.50 bits per heavy atom. The van der Waals surface area contributed by atoms with E-state index in [-0.39, 0.29) is 5.82 Å². The van der Waals surface area contributed by atoms with Gasteiger partial charge in [-0.3, -0.25) is 10.1 Å². The number of thioether (sulfide) groups is 1. The number of halogens is 1. The van der Waals surface area contributed by atoms with Gasteiger partial charge in [0, 0.05) is 6.54 Å². The van der Waals surface area contributed by atoms with Crippen LogP contribution in [0.15, 0.2) is 66.0 Å². The number of benzene rings is 2. The van der Waals surface area contributed by atoms with Gasteiger partial charge in [-0.1, -0.05) is 42.1 Å². The summed E-state index contributed by atoms with van der Waals surface area (Å²) in [4.78, 5) is 28.5. The largest absolute Gasteiger partial charge is 0.338 e. The molecule has 2 N–H and O–H groups in total. The molecule has 0 radical (unpaired) electrons. The first-order valence-electron chi connectivity index (χ1n) is 9.58. The second kappa shape index (κ2) is 10.1. The first kappa shape index (κ1) is 21.6. The van der Waals surface area contributed by atoms with E-state index in [4.69, 9.17) is 0 Å². The number of amides is 3. The number of hydrogen-bond donors (Lipinski definition) is 2. The highest BCUT2D eigenvalue weighted by Crippen LogP contribution is 2.29. The topological polar surface area (TPSA) is 76.0 Å². The van der Waals surface area contributed by atoms with Gasteiger partial charge < -0.3 is 9.88 Å². The Hall–Kier alpha value is -3.13. The Labute approximate surface area is 178 Å². The van der Waals surface area contributed by atoms with Crippen LogP contribution in [0, 0.1) is 5.82 Å². The van der Waals surface area contributed by atoms with Crippen LogP contribution in [0.3, 0.4) is 0 Å². The molecule has 0 aliphatic heterocycles. The van der Waals surface area contributed by atoms with E-state index in [0.29, 0.717) is 18.2 Å². The minimum absolute atomic E-state index is 0.307. The predicted octanol–water partition coefficient (Wildman–Crippen LogP) is 4.06. The van der Waals surface area contributed by atoms with Gasteiger partial charge >= 0.3 is 6.03 Å². The Kier molecular flexibility index (Phi) is 7.24. The average Bonchev–Trinajstić information content (AvgIpc) is 3.11. The molecule has 2 aromatic carbocycles. The number of carbonyl (C=O) groups is 2. The third-order valence-electron chi connectivity index (χ3n) is 4.37. The maximum absolute atomic E-state index is 13.4. The lowest BCUT2D eigenvalue weighted by Crippen LogP contribution is -2.42. The first-order chi connectivity index (χ1) is 14.5. The van der Waals surface area contributed by atoms with Crippen LogP contribution in [0.5, 0.6) is 0 Å². The van der Waals surface area contributed by atoms with Gasteiger partial charge in [-0.25, -0.2) is 14.2 Å². The fourth-order valence-electron chi connectivity index (χ4n) is 2.85. The Balaban J connectivity index is 1.87. The van der Waals surface area contributed by atoms with E-state index in [2.05, 4.69) is 15.6 Å². The maximum Gasteiger partial charge on any atom is 0.321 e. The summed E-state index contributed by atoms with van der Waals surface area (Å²) < 4.78 is 15.4. The van der Waals surface area contributed by atoms with Crippen LogP contribution in [-0.4, -0.2) is 33.3 Å². The smallest absolute Gasteiger partial charge is 0.321 e. The van der Waals surface area contributed by atoms with E-state index in [1.807, 2.05) is 34.9 Å². The molecule has 0 saturated heterocycles. The van der Waals surface area contributed by atoms with Crippen molar-refractivity contribution in [2.75, 3.05) is 6.54 Å². The van der Waals surface area contributed by atoms with Gasteiger partial charge in [-0.2, -0.15) is 0 Å². The number of rotatable bonds is 7. The third kappa shape index (κ3) is 5.48. The van der Waals surface area contributed by atoms with Crippen LogP contribution in [0.25, 0.3) is 11.3 Å². The Bertz CT molecular complexity index is 1010. The molecule has 0 saturated carbocycles. The number of nitrogens with zero attached hydrogens (tertiary/aromatic N) is 2. The maximum atomic E-state index is 13.4. The second-order valence-corrected chi connectivity index (χ2v) is 7.92. The van der Waals surface area contributed by atoms with E-state index in [9.17, 15) is 14.0 Å². The number of nitrogens with one attached hydrogen (secondary N) is 2. The van der Waals surface area contributed by atoms with E-state index >= 15 is 0 Å². The molecule has 3 aromatic rings. The Morgan fingerprint density at radius 1 is 1.13 bits per heavy atom. The van der Waals surface area contributed by atoms with Crippen LogP contribution in [0.4, 0.5) is 9.18 Å². The number of urea groups is 1. The lowest BCUT2D eigenvalue weighted by atomic mass is 10.1. The molecule has 0 aliphatic carbocycles. The highest BCUT2D eigenvalue weighted by atomic mass is 32.2. The molecule has 0 bridgehead atoms. The van der Waals surface area contributed by atoms with Gasteiger partial charge in [0.15, 0.2) is 5.16 Å². The fourth-order valence-corrected chi connectivity index (χ4v) is 3.74. The molecule has 1 aromatic heterocycles. The van der Waals surface area contributed by atoms with Crippen LogP contribution in [0.1, 0.15) is 19.4 Å². The summed E-state index contributed by atoms with van der Waals surface area (Å²) in [5.41, 5.74) is 2.71. The molecule has 6 nitrogen and oxygen atoms in total. The highest BCUT2D eigenvalue weighted by Gasteiger charge is 2.21. The van der Waals surface area contributed by atoms with Crippen LogP contribution < -0.4 is 10.6 Å². The Morgan fingerprint density at radius 2 is 1.83 bits per heavy atom. The molecule has 3 rings (SSSR count). The average molecular weight is 427 g/mol. The molecule has 8 heteroatoms. The summed E-state index contributed by atoms with van der Waals surface area (Å²) >= 11 is 1.26. The number of carbonyl (C=O) groups excluding carboxylic acids is 2. The van der Waals surface area contributed by atoms with Gasteiger partial charge in [-0.05, 0) is 49.2 Å². The zero-order chi connectivity index (χ0) is 21.5. The zero-order valence-corrected chi connectivity index (χ0v) is 17.6. The molecule has 30 heavy (non-hydrogen) atoms. The minimum Gasteiger partial charge on any atom is -0.338 e. The molecule has 1 unspecified atom stereocenters. The first-order valence-corrected chi connectivity index (χ1v) is 10.5. The van der Waals surface area contributed by atoms with E-state index < -0.39 is 17.2 Å². The van der Waals surface area contributed by atoms with Crippen molar-refractivity contribution < 1.29 is 14.0 Å². The van der Waals surface area contributed by atoms with Crippen molar-refractivity contribution in [3.63, 3.8) is 0 Å². The second-order valence-electron chi connectivity index (χ2n) is 6.61. The summed E-state index contributed by atoms with van der Waals surface area (Å²) in [7, 11) is 0. The molecule has 3 amide bonds. The van der Waals surface area contributed by atoms with E-state index in [1.165, 1.54) is 23.9 Å². The summed E-state index contributed by atoms with van der Waals surface area (Å²) in [6.07, 6.45) is 1.72.